The van der Waals surface area contributed by atoms with Crippen LogP contribution in [0.2, 0.25) is 0 Å². The van der Waals surface area contributed by atoms with E-state index in [4.69, 9.17) is 14.2 Å². The molecule has 96 valence electrons. The Kier molecular flexibility index (Phi) is 2.64. The zero-order valence-electron chi connectivity index (χ0n) is 10.3. The van der Waals surface area contributed by atoms with Gasteiger partial charge < -0.3 is 14.2 Å². The third-order valence-electron chi connectivity index (χ3n) is 4.51. The molecular weight excluding hydrogens is 228 g/mol. The van der Waals surface area contributed by atoms with Crippen LogP contribution in [0.3, 0.4) is 0 Å². The lowest BCUT2D eigenvalue weighted by Crippen LogP contribution is -2.32. The lowest BCUT2D eigenvalue weighted by molar-refractivity contribution is -0.153. The molecule has 0 spiro atoms. The first kappa shape index (κ1) is 11.0. The zero-order chi connectivity index (χ0) is 11.9. The molecule has 3 aliphatic heterocycles. The van der Waals surface area contributed by atoms with E-state index in [0.717, 1.165) is 6.61 Å². The van der Waals surface area contributed by atoms with Crippen molar-refractivity contribution in [2.75, 3.05) is 6.61 Å². The number of hydrogen-bond acceptors (Lipinski definition) is 3. The van der Waals surface area contributed by atoms with Gasteiger partial charge in [0.2, 0.25) is 0 Å². The highest BCUT2D eigenvalue weighted by molar-refractivity contribution is 5.13. The molecule has 3 heterocycles. The van der Waals surface area contributed by atoms with Crippen molar-refractivity contribution in [3.05, 3.63) is 35.9 Å². The highest BCUT2D eigenvalue weighted by atomic mass is 16.7. The van der Waals surface area contributed by atoms with Crippen LogP contribution in [0.5, 0.6) is 0 Å². The molecule has 3 heteroatoms. The van der Waals surface area contributed by atoms with Crippen LogP contribution in [-0.4, -0.2) is 25.1 Å². The van der Waals surface area contributed by atoms with E-state index >= 15 is 0 Å². The third-order valence-corrected chi connectivity index (χ3v) is 4.51. The van der Waals surface area contributed by atoms with Gasteiger partial charge in [0.15, 0.2) is 6.29 Å². The minimum absolute atomic E-state index is 0.0643. The van der Waals surface area contributed by atoms with Crippen molar-refractivity contribution in [1.29, 1.82) is 0 Å². The van der Waals surface area contributed by atoms with Crippen molar-refractivity contribution >= 4 is 0 Å². The predicted molar refractivity (Wildman–Crippen MR) is 65.8 cm³/mol. The van der Waals surface area contributed by atoms with Crippen LogP contribution in [0.4, 0.5) is 0 Å². The van der Waals surface area contributed by atoms with Crippen molar-refractivity contribution in [2.24, 2.45) is 11.8 Å². The van der Waals surface area contributed by atoms with Crippen LogP contribution < -0.4 is 0 Å². The molecule has 3 nitrogen and oxygen atoms in total. The van der Waals surface area contributed by atoms with Gasteiger partial charge in [-0.25, -0.2) is 0 Å². The van der Waals surface area contributed by atoms with Crippen LogP contribution in [0.1, 0.15) is 18.4 Å². The highest BCUT2D eigenvalue weighted by Gasteiger charge is 2.56. The Bertz CT molecular complexity index is 419. The summed E-state index contributed by atoms with van der Waals surface area (Å²) in [5, 5.41) is 0. The van der Waals surface area contributed by atoms with Gasteiger partial charge in [0, 0.05) is 11.8 Å². The van der Waals surface area contributed by atoms with Crippen LogP contribution >= 0.6 is 0 Å². The summed E-state index contributed by atoms with van der Waals surface area (Å²) in [4.78, 5) is 0. The lowest BCUT2D eigenvalue weighted by Gasteiger charge is -2.23. The molecule has 0 aromatic heterocycles. The first-order valence-corrected chi connectivity index (χ1v) is 6.84. The van der Waals surface area contributed by atoms with Gasteiger partial charge in [-0.2, -0.15) is 0 Å². The second-order valence-electron chi connectivity index (χ2n) is 5.53. The van der Waals surface area contributed by atoms with Crippen molar-refractivity contribution in [1.82, 2.24) is 0 Å². The summed E-state index contributed by atoms with van der Waals surface area (Å²) < 4.78 is 17.7. The number of rotatable bonds is 3. The maximum absolute atomic E-state index is 5.96. The first-order valence-electron chi connectivity index (χ1n) is 6.84. The van der Waals surface area contributed by atoms with Gasteiger partial charge >= 0.3 is 0 Å². The molecule has 1 unspecified atom stereocenters. The fraction of sp³-hybridized carbons (Fsp3) is 0.600. The summed E-state index contributed by atoms with van der Waals surface area (Å²) in [5.74, 6) is 1.04. The molecular formula is C15H18O3. The predicted octanol–water partition coefficient (Wildman–Crippen LogP) is 2.35. The molecule has 4 rings (SSSR count). The Morgan fingerprint density at radius 2 is 1.94 bits per heavy atom. The molecule has 3 fully saturated rings. The summed E-state index contributed by atoms with van der Waals surface area (Å²) in [6, 6.07) is 10.3. The van der Waals surface area contributed by atoms with Crippen LogP contribution in [0.15, 0.2) is 30.3 Å². The summed E-state index contributed by atoms with van der Waals surface area (Å²) >= 11 is 0. The quantitative estimate of drug-likeness (QED) is 0.819. The Morgan fingerprint density at radius 3 is 2.83 bits per heavy atom. The van der Waals surface area contributed by atoms with Gasteiger partial charge in [-0.15, -0.1) is 0 Å². The Labute approximate surface area is 107 Å². The van der Waals surface area contributed by atoms with E-state index in [1.54, 1.807) is 0 Å². The number of benzene rings is 1. The first-order chi connectivity index (χ1) is 8.92. The minimum atomic E-state index is -0.0643. The lowest BCUT2D eigenvalue weighted by atomic mass is 9.81. The average molecular weight is 246 g/mol. The van der Waals surface area contributed by atoms with Crippen LogP contribution in [0.25, 0.3) is 0 Å². The van der Waals surface area contributed by atoms with E-state index in [0.29, 0.717) is 30.7 Å². The zero-order valence-corrected chi connectivity index (χ0v) is 10.3. The molecule has 0 amide bonds. The van der Waals surface area contributed by atoms with Gasteiger partial charge in [0.05, 0.1) is 25.4 Å². The van der Waals surface area contributed by atoms with Gasteiger partial charge in [-0.1, -0.05) is 30.3 Å². The van der Waals surface area contributed by atoms with Gasteiger partial charge in [0.1, 0.15) is 0 Å². The Morgan fingerprint density at radius 1 is 1.11 bits per heavy atom. The van der Waals surface area contributed by atoms with Gasteiger partial charge in [-0.3, -0.25) is 0 Å². The van der Waals surface area contributed by atoms with E-state index in [9.17, 15) is 0 Å². The standard InChI is InChI=1S/C15H18O3/c1-2-4-10(5-3-1)8-16-15-14-11(9-17-15)12-6-7-13(14)18-12/h1-5,11-15H,6-9H2/t11-,12+,13-,14-,15?/m1/s1. The monoisotopic (exact) mass is 246 g/mol. The Hall–Kier alpha value is -0.900. The van der Waals surface area contributed by atoms with Crippen LogP contribution in [-0.2, 0) is 20.8 Å². The molecule has 0 saturated carbocycles. The second-order valence-corrected chi connectivity index (χ2v) is 5.53. The van der Waals surface area contributed by atoms with Crippen molar-refractivity contribution in [2.45, 2.75) is 37.9 Å². The molecule has 1 aromatic rings. The molecule has 18 heavy (non-hydrogen) atoms. The summed E-state index contributed by atoms with van der Waals surface area (Å²) in [6.45, 7) is 1.44. The Balaban J connectivity index is 1.41. The van der Waals surface area contributed by atoms with Crippen molar-refractivity contribution in [3.8, 4) is 0 Å². The molecule has 3 aliphatic rings. The maximum Gasteiger partial charge on any atom is 0.163 e. The van der Waals surface area contributed by atoms with E-state index in [2.05, 4.69) is 12.1 Å². The molecule has 5 atom stereocenters. The number of ether oxygens (including phenoxy) is 3. The molecule has 3 saturated heterocycles. The minimum Gasteiger partial charge on any atom is -0.374 e. The number of hydrogen-bond donors (Lipinski definition) is 0. The SMILES string of the molecule is c1ccc(COC2OC[C@H]3[C@@H]2[C@H]2CC[C@@H]3O2)cc1. The molecule has 0 aliphatic carbocycles. The highest BCUT2D eigenvalue weighted by Crippen LogP contribution is 2.49. The summed E-state index contributed by atoms with van der Waals surface area (Å²) in [5.41, 5.74) is 1.20. The summed E-state index contributed by atoms with van der Waals surface area (Å²) in [7, 11) is 0. The maximum atomic E-state index is 5.96. The normalized spacial score (nSPS) is 41.2. The van der Waals surface area contributed by atoms with Crippen molar-refractivity contribution < 1.29 is 14.2 Å². The molecule has 1 aromatic carbocycles. The van der Waals surface area contributed by atoms with E-state index < -0.39 is 0 Å². The number of fused-ring (bicyclic) bond motifs is 5. The fourth-order valence-electron chi connectivity index (χ4n) is 3.64. The largest absolute Gasteiger partial charge is 0.374 e. The van der Waals surface area contributed by atoms with Gasteiger partial charge in [0.25, 0.3) is 0 Å². The smallest absolute Gasteiger partial charge is 0.163 e. The van der Waals surface area contributed by atoms with E-state index in [1.165, 1.54) is 18.4 Å². The average Bonchev–Trinajstić information content (AvgIpc) is 3.11. The molecule has 2 bridgehead atoms. The third kappa shape index (κ3) is 1.69. The van der Waals surface area contributed by atoms with Gasteiger partial charge in [-0.05, 0) is 18.4 Å². The molecule has 0 radical (unpaired) electrons. The molecule has 0 N–H and O–H groups in total. The van der Waals surface area contributed by atoms with E-state index in [1.807, 2.05) is 18.2 Å². The fourth-order valence-corrected chi connectivity index (χ4v) is 3.64. The summed E-state index contributed by atoms with van der Waals surface area (Å²) in [6.07, 6.45) is 3.14. The topological polar surface area (TPSA) is 27.7 Å². The second kappa shape index (κ2) is 4.34. The van der Waals surface area contributed by atoms with Crippen LogP contribution in [0, 0.1) is 11.8 Å². The van der Waals surface area contributed by atoms with E-state index in [-0.39, 0.29) is 6.29 Å². The van der Waals surface area contributed by atoms with Crippen molar-refractivity contribution in [3.63, 3.8) is 0 Å².